The van der Waals surface area contributed by atoms with Crippen LogP contribution in [-0.4, -0.2) is 39.0 Å². The van der Waals surface area contributed by atoms with Crippen LogP contribution in [0.1, 0.15) is 20.8 Å². The Morgan fingerprint density at radius 3 is 2.46 bits per heavy atom. The number of hydrogen-bond acceptors (Lipinski definition) is 4. The van der Waals surface area contributed by atoms with E-state index in [9.17, 15) is 9.59 Å². The lowest BCUT2D eigenvalue weighted by Crippen LogP contribution is -2.18. The van der Waals surface area contributed by atoms with Crippen LogP contribution < -0.4 is 5.32 Å². The lowest BCUT2D eigenvalue weighted by atomic mass is 9.99. The summed E-state index contributed by atoms with van der Waals surface area (Å²) in [7, 11) is 1.58. The molecule has 0 radical (unpaired) electrons. The van der Waals surface area contributed by atoms with Crippen molar-refractivity contribution in [2.24, 2.45) is 0 Å². The molecule has 0 unspecified atom stereocenters. The summed E-state index contributed by atoms with van der Waals surface area (Å²) in [5, 5.41) is 19.2. The zero-order chi connectivity index (χ0) is 17.1. The van der Waals surface area contributed by atoms with E-state index in [0.29, 0.717) is 11.3 Å². The summed E-state index contributed by atoms with van der Waals surface area (Å²) in [6, 6.07) is 14.4. The van der Waals surface area contributed by atoms with Crippen LogP contribution in [0.2, 0.25) is 0 Å². The van der Waals surface area contributed by atoms with Crippen molar-refractivity contribution in [3.8, 4) is 16.8 Å². The maximum absolute atomic E-state index is 12.0. The summed E-state index contributed by atoms with van der Waals surface area (Å²) in [4.78, 5) is 23.1. The largest absolute Gasteiger partial charge is 0.476 e. The number of nitrogens with zero attached hydrogens (tertiary/aromatic N) is 3. The lowest BCUT2D eigenvalue weighted by molar-refractivity contribution is 0.0686. The molecule has 0 aliphatic heterocycles. The van der Waals surface area contributed by atoms with E-state index in [1.54, 1.807) is 31.3 Å². The van der Waals surface area contributed by atoms with Gasteiger partial charge >= 0.3 is 5.97 Å². The Morgan fingerprint density at radius 2 is 1.79 bits per heavy atom. The van der Waals surface area contributed by atoms with Crippen molar-refractivity contribution in [1.29, 1.82) is 0 Å². The van der Waals surface area contributed by atoms with Crippen molar-refractivity contribution in [3.63, 3.8) is 0 Å². The van der Waals surface area contributed by atoms with E-state index in [1.165, 1.54) is 10.9 Å². The molecule has 2 N–H and O–H groups in total. The number of hydrogen-bond donors (Lipinski definition) is 2. The van der Waals surface area contributed by atoms with Crippen molar-refractivity contribution in [2.75, 3.05) is 7.05 Å². The number of nitrogens with one attached hydrogen (secondary N) is 1. The SMILES string of the molecule is CNC(=O)c1ccccc1-c1ccc(-n2nncc2C(=O)O)cc1. The molecule has 3 aromatic rings. The molecule has 1 amide bonds. The maximum atomic E-state index is 12.0. The van der Waals surface area contributed by atoms with E-state index < -0.39 is 5.97 Å². The van der Waals surface area contributed by atoms with Gasteiger partial charge in [-0.2, -0.15) is 0 Å². The number of carboxylic acids is 1. The summed E-state index contributed by atoms with van der Waals surface area (Å²) < 4.78 is 1.25. The van der Waals surface area contributed by atoms with Gasteiger partial charge in [-0.3, -0.25) is 4.79 Å². The minimum Gasteiger partial charge on any atom is -0.476 e. The molecule has 1 heterocycles. The van der Waals surface area contributed by atoms with Crippen LogP contribution in [0.5, 0.6) is 0 Å². The van der Waals surface area contributed by atoms with Gasteiger partial charge in [0.25, 0.3) is 5.91 Å². The molecule has 3 rings (SSSR count). The van der Waals surface area contributed by atoms with Gasteiger partial charge in [-0.15, -0.1) is 5.10 Å². The molecule has 0 saturated carbocycles. The van der Waals surface area contributed by atoms with E-state index >= 15 is 0 Å². The topological polar surface area (TPSA) is 97.1 Å². The van der Waals surface area contributed by atoms with Crippen molar-refractivity contribution >= 4 is 11.9 Å². The van der Waals surface area contributed by atoms with Crippen molar-refractivity contribution < 1.29 is 14.7 Å². The van der Waals surface area contributed by atoms with E-state index in [4.69, 9.17) is 5.11 Å². The molecule has 0 bridgehead atoms. The summed E-state index contributed by atoms with van der Waals surface area (Å²) in [6.07, 6.45) is 1.19. The maximum Gasteiger partial charge on any atom is 0.356 e. The van der Waals surface area contributed by atoms with Crippen molar-refractivity contribution in [2.45, 2.75) is 0 Å². The first-order valence-corrected chi connectivity index (χ1v) is 7.17. The van der Waals surface area contributed by atoms with Crippen LogP contribution >= 0.6 is 0 Å². The third-order valence-electron chi connectivity index (χ3n) is 3.59. The first-order valence-electron chi connectivity index (χ1n) is 7.17. The fourth-order valence-electron chi connectivity index (χ4n) is 2.42. The quantitative estimate of drug-likeness (QED) is 0.765. The van der Waals surface area contributed by atoms with Gasteiger partial charge in [0.1, 0.15) is 0 Å². The van der Waals surface area contributed by atoms with Gasteiger partial charge in [0.05, 0.1) is 11.9 Å². The summed E-state index contributed by atoms with van der Waals surface area (Å²) in [5.74, 6) is -1.27. The zero-order valence-electron chi connectivity index (χ0n) is 12.8. The number of carbonyl (C=O) groups is 2. The molecule has 24 heavy (non-hydrogen) atoms. The first kappa shape index (κ1) is 15.4. The average Bonchev–Trinajstić information content (AvgIpc) is 3.11. The van der Waals surface area contributed by atoms with E-state index in [-0.39, 0.29) is 11.6 Å². The zero-order valence-corrected chi connectivity index (χ0v) is 12.8. The Bertz CT molecular complexity index is 900. The Morgan fingerprint density at radius 1 is 1.08 bits per heavy atom. The van der Waals surface area contributed by atoms with Gasteiger partial charge in [-0.25, -0.2) is 9.48 Å². The minimum absolute atomic E-state index is 0.0199. The number of aromatic carboxylic acids is 1. The standard InChI is InChI=1S/C17H14N4O3/c1-18-16(22)14-5-3-2-4-13(14)11-6-8-12(9-7-11)21-15(17(23)24)10-19-20-21/h2-10H,1H3,(H,18,22)(H,23,24). The highest BCUT2D eigenvalue weighted by atomic mass is 16.4. The predicted molar refractivity (Wildman–Crippen MR) is 87.1 cm³/mol. The highest BCUT2D eigenvalue weighted by Crippen LogP contribution is 2.25. The Labute approximate surface area is 137 Å². The second-order valence-electron chi connectivity index (χ2n) is 5.01. The van der Waals surface area contributed by atoms with Gasteiger partial charge in [-0.1, -0.05) is 35.5 Å². The fourth-order valence-corrected chi connectivity index (χ4v) is 2.42. The lowest BCUT2D eigenvalue weighted by Gasteiger charge is -2.09. The van der Waals surface area contributed by atoms with Gasteiger partial charge in [0, 0.05) is 12.6 Å². The third kappa shape index (κ3) is 2.74. The highest BCUT2D eigenvalue weighted by Gasteiger charge is 2.14. The van der Waals surface area contributed by atoms with E-state index in [0.717, 1.165) is 11.1 Å². The second-order valence-corrected chi connectivity index (χ2v) is 5.01. The molecule has 0 aliphatic carbocycles. The van der Waals surface area contributed by atoms with Crippen LogP contribution in [0.25, 0.3) is 16.8 Å². The van der Waals surface area contributed by atoms with Crippen molar-refractivity contribution in [1.82, 2.24) is 20.3 Å². The molecular weight excluding hydrogens is 308 g/mol. The summed E-state index contributed by atoms with van der Waals surface area (Å²) in [6.45, 7) is 0. The van der Waals surface area contributed by atoms with Crippen LogP contribution in [0, 0.1) is 0 Å². The predicted octanol–water partition coefficient (Wildman–Crippen LogP) is 1.99. The number of benzene rings is 2. The average molecular weight is 322 g/mol. The minimum atomic E-state index is -1.10. The number of amides is 1. The monoisotopic (exact) mass is 322 g/mol. The molecule has 0 spiro atoms. The molecule has 7 heteroatoms. The normalized spacial score (nSPS) is 10.4. The number of rotatable bonds is 4. The Balaban J connectivity index is 2.01. The van der Waals surface area contributed by atoms with Gasteiger partial charge in [0.2, 0.25) is 0 Å². The van der Waals surface area contributed by atoms with Crippen LogP contribution in [0.4, 0.5) is 0 Å². The first-order chi connectivity index (χ1) is 11.6. The number of aromatic nitrogens is 3. The summed E-state index contributed by atoms with van der Waals surface area (Å²) in [5.41, 5.74) is 2.76. The summed E-state index contributed by atoms with van der Waals surface area (Å²) >= 11 is 0. The van der Waals surface area contributed by atoms with E-state index in [2.05, 4.69) is 15.6 Å². The smallest absolute Gasteiger partial charge is 0.356 e. The van der Waals surface area contributed by atoms with Crippen LogP contribution in [0.15, 0.2) is 54.7 Å². The van der Waals surface area contributed by atoms with Gasteiger partial charge < -0.3 is 10.4 Å². The van der Waals surface area contributed by atoms with Gasteiger partial charge in [0.15, 0.2) is 5.69 Å². The highest BCUT2D eigenvalue weighted by molar-refractivity contribution is 6.00. The second kappa shape index (κ2) is 6.33. The van der Waals surface area contributed by atoms with E-state index in [1.807, 2.05) is 24.3 Å². The van der Waals surface area contributed by atoms with Crippen molar-refractivity contribution in [3.05, 3.63) is 66.0 Å². The molecular formula is C17H14N4O3. The molecule has 1 aromatic heterocycles. The molecule has 0 atom stereocenters. The number of carboxylic acid groups (broad SMARTS) is 1. The Hall–Kier alpha value is -3.48. The van der Waals surface area contributed by atoms with Crippen LogP contribution in [0.3, 0.4) is 0 Å². The Kier molecular flexibility index (Phi) is 4.07. The molecule has 0 aliphatic rings. The van der Waals surface area contributed by atoms with Crippen LogP contribution in [-0.2, 0) is 0 Å². The fraction of sp³-hybridized carbons (Fsp3) is 0.0588. The molecule has 120 valence electrons. The molecule has 0 fully saturated rings. The van der Waals surface area contributed by atoms with Gasteiger partial charge in [-0.05, 0) is 29.3 Å². The molecule has 0 saturated heterocycles. The molecule has 2 aromatic carbocycles. The third-order valence-corrected chi connectivity index (χ3v) is 3.59. The number of carbonyl (C=O) groups excluding carboxylic acids is 1. The molecule has 7 nitrogen and oxygen atoms in total.